The van der Waals surface area contributed by atoms with Gasteiger partial charge in [-0.25, -0.2) is 0 Å². The van der Waals surface area contributed by atoms with Gasteiger partial charge < -0.3 is 9.16 Å². The summed E-state index contributed by atoms with van der Waals surface area (Å²) in [6.45, 7) is 4.90. The molecule has 12 heavy (non-hydrogen) atoms. The molecule has 0 amide bonds. The van der Waals surface area contributed by atoms with Gasteiger partial charge in [0.15, 0.2) is 0 Å². The minimum Gasteiger partial charge on any atom is -0.428 e. The van der Waals surface area contributed by atoms with E-state index < -0.39 is 0 Å². The molecule has 0 aliphatic carbocycles. The molecule has 0 fully saturated rings. The molecule has 0 saturated carbocycles. The molecule has 0 aromatic rings. The van der Waals surface area contributed by atoms with Gasteiger partial charge in [0.2, 0.25) is 0 Å². The van der Waals surface area contributed by atoms with E-state index in [0.29, 0.717) is 0 Å². The molecule has 0 aromatic heterocycles. The normalized spacial score (nSPS) is 10.8. The molecule has 0 unspecified atom stereocenters. The largest absolute Gasteiger partial charge is 0.428 e. The highest BCUT2D eigenvalue weighted by atomic mass is 28.2. The van der Waals surface area contributed by atoms with Crippen LogP contribution in [0.4, 0.5) is 0 Å². The van der Waals surface area contributed by atoms with Gasteiger partial charge in [-0.05, 0) is 12.8 Å². The van der Waals surface area contributed by atoms with E-state index in [2.05, 4.69) is 6.92 Å². The van der Waals surface area contributed by atoms with Gasteiger partial charge in [0.05, 0.1) is 0 Å². The molecule has 0 aliphatic rings. The van der Waals surface area contributed by atoms with Crippen LogP contribution < -0.4 is 0 Å². The maximum Gasteiger partial charge on any atom is 0.145 e. The second-order valence-corrected chi connectivity index (χ2v) is 3.60. The fourth-order valence-corrected chi connectivity index (χ4v) is 1.33. The monoisotopic (exact) mass is 190 g/mol. The molecule has 74 valence electrons. The van der Waals surface area contributed by atoms with Gasteiger partial charge in [-0.2, -0.15) is 0 Å². The van der Waals surface area contributed by atoms with Gasteiger partial charge in [0.25, 0.3) is 0 Å². The predicted octanol–water partition coefficient (Wildman–Crippen LogP) is 1.27. The van der Waals surface area contributed by atoms with Crippen LogP contribution in [0.25, 0.3) is 0 Å². The second kappa shape index (κ2) is 11.1. The van der Waals surface area contributed by atoms with Crippen LogP contribution in [0.2, 0.25) is 0 Å². The molecule has 0 radical (unpaired) electrons. The van der Waals surface area contributed by atoms with Gasteiger partial charge in [-0.15, -0.1) is 0 Å². The Balaban J connectivity index is 2.73. The van der Waals surface area contributed by atoms with Crippen LogP contribution in [0.5, 0.6) is 0 Å². The Morgan fingerprint density at radius 2 is 1.67 bits per heavy atom. The van der Waals surface area contributed by atoms with Crippen LogP contribution in [0.1, 0.15) is 39.0 Å². The van der Waals surface area contributed by atoms with E-state index in [-0.39, 0.29) is 0 Å². The first-order valence-corrected chi connectivity index (χ1v) is 5.80. The lowest BCUT2D eigenvalue weighted by molar-refractivity contribution is 0.117. The third-order valence-electron chi connectivity index (χ3n) is 1.78. The number of hydrogen-bond donors (Lipinski definition) is 0. The first-order chi connectivity index (χ1) is 5.91. The van der Waals surface area contributed by atoms with Gasteiger partial charge in [0, 0.05) is 19.8 Å². The summed E-state index contributed by atoms with van der Waals surface area (Å²) in [5.41, 5.74) is 0. The molecule has 0 aromatic carbocycles. The van der Waals surface area contributed by atoms with E-state index in [9.17, 15) is 0 Å². The standard InChI is InChI=1S/C9H22O2Si/c1-2-3-4-5-7-10-8-6-9-11-12/h2-9H2,1,12H3. The van der Waals surface area contributed by atoms with Gasteiger partial charge in [-0.1, -0.05) is 26.2 Å². The summed E-state index contributed by atoms with van der Waals surface area (Å²) in [6, 6.07) is 0. The van der Waals surface area contributed by atoms with Crippen LogP contribution >= 0.6 is 0 Å². The van der Waals surface area contributed by atoms with Crippen molar-refractivity contribution in [2.75, 3.05) is 19.8 Å². The minimum atomic E-state index is 0.854. The maximum absolute atomic E-state index is 5.42. The SMILES string of the molecule is CCCCCCOCCCO[SiH3]. The third kappa shape index (κ3) is 10.1. The maximum atomic E-state index is 5.42. The van der Waals surface area contributed by atoms with Crippen molar-refractivity contribution >= 4 is 10.5 Å². The molecule has 2 nitrogen and oxygen atoms in total. The van der Waals surface area contributed by atoms with Crippen molar-refractivity contribution < 1.29 is 9.16 Å². The molecule has 0 N–H and O–H groups in total. The van der Waals surface area contributed by atoms with Crippen molar-refractivity contribution in [3.05, 3.63) is 0 Å². The number of ether oxygens (including phenoxy) is 1. The highest BCUT2D eigenvalue weighted by molar-refractivity contribution is 5.97. The van der Waals surface area contributed by atoms with Crippen molar-refractivity contribution in [2.24, 2.45) is 0 Å². The van der Waals surface area contributed by atoms with Crippen LogP contribution in [0, 0.1) is 0 Å². The molecular weight excluding hydrogens is 168 g/mol. The zero-order valence-corrected chi connectivity index (χ0v) is 10.5. The molecule has 0 spiro atoms. The number of hydrogen-bond acceptors (Lipinski definition) is 2. The second-order valence-electron chi connectivity index (χ2n) is 3.02. The molecule has 0 heterocycles. The van der Waals surface area contributed by atoms with Crippen molar-refractivity contribution in [1.29, 1.82) is 0 Å². The molecule has 3 heteroatoms. The first-order valence-electron chi connectivity index (χ1n) is 4.98. The Kier molecular flexibility index (Phi) is 11.3. The molecule has 0 saturated heterocycles. The quantitative estimate of drug-likeness (QED) is 0.403. The number of unbranched alkanes of at least 4 members (excludes halogenated alkanes) is 3. The zero-order chi connectivity index (χ0) is 9.07. The van der Waals surface area contributed by atoms with Gasteiger partial charge >= 0.3 is 0 Å². The third-order valence-corrected chi connectivity index (χ3v) is 2.19. The fraction of sp³-hybridized carbons (Fsp3) is 1.00. The zero-order valence-electron chi connectivity index (χ0n) is 8.47. The van der Waals surface area contributed by atoms with Crippen molar-refractivity contribution in [1.82, 2.24) is 0 Å². The Morgan fingerprint density at radius 3 is 2.33 bits per heavy atom. The average molecular weight is 190 g/mol. The summed E-state index contributed by atoms with van der Waals surface area (Å²) in [4.78, 5) is 0. The minimum absolute atomic E-state index is 0.854. The molecule has 0 aliphatic heterocycles. The Labute approximate surface area is 79.2 Å². The summed E-state index contributed by atoms with van der Waals surface area (Å²) < 4.78 is 10.5. The molecule has 0 rings (SSSR count). The molecule has 0 bridgehead atoms. The lowest BCUT2D eigenvalue weighted by Gasteiger charge is -2.02. The highest BCUT2D eigenvalue weighted by Gasteiger charge is 1.89. The topological polar surface area (TPSA) is 18.5 Å². The van der Waals surface area contributed by atoms with E-state index in [1.54, 1.807) is 0 Å². The molecular formula is C9H22O2Si. The summed E-state index contributed by atoms with van der Waals surface area (Å²) in [7, 11) is 0.854. The smallest absolute Gasteiger partial charge is 0.145 e. The summed E-state index contributed by atoms with van der Waals surface area (Å²) in [5.74, 6) is 0. The lowest BCUT2D eigenvalue weighted by Crippen LogP contribution is -2.00. The lowest BCUT2D eigenvalue weighted by atomic mass is 10.2. The van der Waals surface area contributed by atoms with Crippen LogP contribution in [0.15, 0.2) is 0 Å². The average Bonchev–Trinajstić information content (AvgIpc) is 2.10. The van der Waals surface area contributed by atoms with E-state index >= 15 is 0 Å². The summed E-state index contributed by atoms with van der Waals surface area (Å²) >= 11 is 0. The summed E-state index contributed by atoms with van der Waals surface area (Å²) in [5, 5.41) is 0. The van der Waals surface area contributed by atoms with Gasteiger partial charge in [0.1, 0.15) is 10.5 Å². The Hall–Kier alpha value is 0.137. The first kappa shape index (κ1) is 12.1. The van der Waals surface area contributed by atoms with Crippen molar-refractivity contribution in [3.8, 4) is 0 Å². The van der Waals surface area contributed by atoms with E-state index in [4.69, 9.17) is 9.16 Å². The Bertz CT molecular complexity index is 68.9. The van der Waals surface area contributed by atoms with Crippen molar-refractivity contribution in [2.45, 2.75) is 39.0 Å². The van der Waals surface area contributed by atoms with E-state index in [1.807, 2.05) is 0 Å². The van der Waals surface area contributed by atoms with Crippen LogP contribution in [-0.4, -0.2) is 30.3 Å². The van der Waals surface area contributed by atoms with Crippen LogP contribution in [-0.2, 0) is 9.16 Å². The van der Waals surface area contributed by atoms with E-state index in [1.165, 1.54) is 25.7 Å². The predicted molar refractivity (Wildman–Crippen MR) is 55.5 cm³/mol. The summed E-state index contributed by atoms with van der Waals surface area (Å²) in [6.07, 6.45) is 6.22. The fourth-order valence-electron chi connectivity index (χ4n) is 1.04. The van der Waals surface area contributed by atoms with Crippen LogP contribution in [0.3, 0.4) is 0 Å². The van der Waals surface area contributed by atoms with E-state index in [0.717, 1.165) is 36.7 Å². The highest BCUT2D eigenvalue weighted by Crippen LogP contribution is 1.98. The number of rotatable bonds is 9. The van der Waals surface area contributed by atoms with Gasteiger partial charge in [-0.3, -0.25) is 0 Å². The Morgan fingerprint density at radius 1 is 0.917 bits per heavy atom. The van der Waals surface area contributed by atoms with Crippen molar-refractivity contribution in [3.63, 3.8) is 0 Å². The molecule has 0 atom stereocenters.